The van der Waals surface area contributed by atoms with Crippen LogP contribution in [-0.4, -0.2) is 29.7 Å². The lowest BCUT2D eigenvalue weighted by molar-refractivity contribution is -0.385. The van der Waals surface area contributed by atoms with Crippen molar-refractivity contribution < 1.29 is 27.6 Å². The van der Waals surface area contributed by atoms with Gasteiger partial charge in [0.05, 0.1) is 16.7 Å². The molecule has 0 aromatic heterocycles. The predicted molar refractivity (Wildman–Crippen MR) is 62.7 cm³/mol. The number of carboxylic acid groups (broad SMARTS) is 1. The van der Waals surface area contributed by atoms with E-state index >= 15 is 0 Å². The molecule has 0 saturated carbocycles. The van der Waals surface area contributed by atoms with Gasteiger partial charge >= 0.3 is 5.97 Å². The summed E-state index contributed by atoms with van der Waals surface area (Å²) in [5.41, 5.74) is -1.07. The van der Waals surface area contributed by atoms with E-state index in [1.54, 1.807) is 4.72 Å². The molecule has 0 bridgehead atoms. The maximum Gasteiger partial charge on any atom is 0.323 e. The molecule has 0 aliphatic heterocycles. The minimum Gasteiger partial charge on any atom is -0.480 e. The zero-order valence-electron chi connectivity index (χ0n) is 9.53. The van der Waals surface area contributed by atoms with E-state index < -0.39 is 43.4 Å². The minimum atomic E-state index is -4.31. The summed E-state index contributed by atoms with van der Waals surface area (Å²) in [5.74, 6) is -2.62. The fraction of sp³-hybridized carbons (Fsp3) is 0.222. The van der Waals surface area contributed by atoms with Crippen molar-refractivity contribution in [2.24, 2.45) is 0 Å². The van der Waals surface area contributed by atoms with E-state index in [2.05, 4.69) is 0 Å². The number of aliphatic carboxylic acids is 1. The van der Waals surface area contributed by atoms with E-state index in [4.69, 9.17) is 5.11 Å². The topological polar surface area (TPSA) is 127 Å². The summed E-state index contributed by atoms with van der Waals surface area (Å²) >= 11 is 0. The fourth-order valence-corrected chi connectivity index (χ4v) is 2.01. The highest BCUT2D eigenvalue weighted by Crippen LogP contribution is 2.21. The molecule has 1 aromatic carbocycles. The number of carboxylic acids is 1. The van der Waals surface area contributed by atoms with Crippen LogP contribution in [0.25, 0.3) is 0 Å². The number of halogens is 1. The molecule has 0 radical (unpaired) electrons. The normalized spacial score (nSPS) is 12.7. The van der Waals surface area contributed by atoms with Crippen LogP contribution >= 0.6 is 0 Å². The van der Waals surface area contributed by atoms with Crippen molar-refractivity contribution in [3.63, 3.8) is 0 Å². The second-order valence-corrected chi connectivity index (χ2v) is 5.58. The number of nitro benzene ring substituents is 1. The Balaban J connectivity index is 3.13. The number of hydrogen-bond acceptors (Lipinski definition) is 5. The number of hydrogen-bond donors (Lipinski definition) is 2. The molecule has 8 nitrogen and oxygen atoms in total. The lowest BCUT2D eigenvalue weighted by Gasteiger charge is -2.11. The first-order valence-electron chi connectivity index (χ1n) is 4.83. The number of nitrogens with zero attached hydrogens (tertiary/aromatic N) is 1. The van der Waals surface area contributed by atoms with Crippen LogP contribution in [0.1, 0.15) is 6.92 Å². The molecule has 0 aliphatic carbocycles. The van der Waals surface area contributed by atoms with Crippen LogP contribution in [0.5, 0.6) is 0 Å². The molecule has 2 N–H and O–H groups in total. The Bertz CT molecular complexity index is 630. The quantitative estimate of drug-likeness (QED) is 0.614. The Morgan fingerprint density at radius 1 is 1.47 bits per heavy atom. The van der Waals surface area contributed by atoms with Crippen LogP contribution < -0.4 is 4.72 Å². The second kappa shape index (κ2) is 5.18. The maximum absolute atomic E-state index is 13.1. The van der Waals surface area contributed by atoms with Gasteiger partial charge in [0.25, 0.3) is 5.69 Å². The van der Waals surface area contributed by atoms with Crippen molar-refractivity contribution in [3.8, 4) is 0 Å². The van der Waals surface area contributed by atoms with Crippen molar-refractivity contribution in [1.82, 2.24) is 0 Å². The average Bonchev–Trinajstić information content (AvgIpc) is 2.26. The molecule has 0 heterocycles. The number of rotatable bonds is 5. The maximum atomic E-state index is 13.1. The largest absolute Gasteiger partial charge is 0.480 e. The van der Waals surface area contributed by atoms with E-state index in [9.17, 15) is 27.7 Å². The standard InChI is InChI=1S/C9H9FN2O6S/c1-5(9(13)14)19(17,18)11-7-2-6(10)3-8(4-7)12(15)16/h2-5,11H,1H3,(H,13,14). The molecule has 104 valence electrons. The smallest absolute Gasteiger partial charge is 0.323 e. The molecular weight excluding hydrogens is 283 g/mol. The molecule has 1 atom stereocenters. The molecule has 0 fully saturated rings. The summed E-state index contributed by atoms with van der Waals surface area (Å²) in [5, 5.41) is 17.3. The van der Waals surface area contributed by atoms with E-state index in [1.165, 1.54) is 0 Å². The molecule has 10 heteroatoms. The number of carbonyl (C=O) groups is 1. The highest BCUT2D eigenvalue weighted by atomic mass is 32.2. The van der Waals surface area contributed by atoms with Gasteiger partial charge in [0.2, 0.25) is 10.0 Å². The second-order valence-electron chi connectivity index (χ2n) is 3.58. The van der Waals surface area contributed by atoms with Crippen LogP contribution in [0.3, 0.4) is 0 Å². The van der Waals surface area contributed by atoms with Crippen molar-refractivity contribution >= 4 is 27.4 Å². The van der Waals surface area contributed by atoms with Crippen molar-refractivity contribution in [2.75, 3.05) is 4.72 Å². The fourth-order valence-electron chi connectivity index (χ4n) is 1.12. The average molecular weight is 292 g/mol. The van der Waals surface area contributed by atoms with Gasteiger partial charge in [0, 0.05) is 6.07 Å². The summed E-state index contributed by atoms with van der Waals surface area (Å²) in [6.45, 7) is 0.915. The van der Waals surface area contributed by atoms with Gasteiger partial charge in [-0.1, -0.05) is 0 Å². The summed E-state index contributed by atoms with van der Waals surface area (Å²) in [4.78, 5) is 20.2. The number of benzene rings is 1. The number of nitrogens with one attached hydrogen (secondary N) is 1. The van der Waals surface area contributed by atoms with Gasteiger partial charge in [0.1, 0.15) is 5.82 Å². The van der Waals surface area contributed by atoms with Gasteiger partial charge in [-0.2, -0.15) is 0 Å². The first-order chi connectivity index (χ1) is 8.63. The number of nitro groups is 1. The van der Waals surface area contributed by atoms with Gasteiger partial charge in [0.15, 0.2) is 5.25 Å². The Labute approximate surface area is 107 Å². The number of sulfonamides is 1. The Morgan fingerprint density at radius 3 is 2.53 bits per heavy atom. The van der Waals surface area contributed by atoms with Crippen LogP contribution in [0.2, 0.25) is 0 Å². The van der Waals surface area contributed by atoms with E-state index in [1.807, 2.05) is 0 Å². The highest BCUT2D eigenvalue weighted by Gasteiger charge is 2.28. The third-order valence-electron chi connectivity index (χ3n) is 2.17. The summed E-state index contributed by atoms with van der Waals surface area (Å²) in [6, 6.07) is 2.10. The van der Waals surface area contributed by atoms with Gasteiger partial charge in [-0.15, -0.1) is 0 Å². The van der Waals surface area contributed by atoms with Gasteiger partial charge < -0.3 is 5.11 Å². The van der Waals surface area contributed by atoms with Crippen molar-refractivity contribution in [2.45, 2.75) is 12.2 Å². The summed E-state index contributed by atoms with van der Waals surface area (Å²) in [6.07, 6.45) is 0. The molecule has 0 spiro atoms. The van der Waals surface area contributed by atoms with Crippen LogP contribution in [-0.2, 0) is 14.8 Å². The summed E-state index contributed by atoms with van der Waals surface area (Å²) < 4.78 is 37.9. The molecule has 1 aromatic rings. The van der Waals surface area contributed by atoms with Crippen LogP contribution in [0.4, 0.5) is 15.8 Å². The zero-order valence-corrected chi connectivity index (χ0v) is 10.3. The van der Waals surface area contributed by atoms with Gasteiger partial charge in [-0.05, 0) is 13.0 Å². The number of non-ortho nitro benzene ring substituents is 1. The van der Waals surface area contributed by atoms with Crippen molar-refractivity contribution in [1.29, 1.82) is 0 Å². The molecule has 0 saturated heterocycles. The first-order valence-corrected chi connectivity index (χ1v) is 6.37. The van der Waals surface area contributed by atoms with Crippen LogP contribution in [0.15, 0.2) is 18.2 Å². The third kappa shape index (κ3) is 3.61. The monoisotopic (exact) mass is 292 g/mol. The van der Waals surface area contributed by atoms with Gasteiger partial charge in [-0.25, -0.2) is 12.8 Å². The lowest BCUT2D eigenvalue weighted by Crippen LogP contribution is -2.32. The predicted octanol–water partition coefficient (Wildman–Crippen LogP) is 0.949. The van der Waals surface area contributed by atoms with Crippen molar-refractivity contribution in [3.05, 3.63) is 34.1 Å². The Hall–Kier alpha value is -2.23. The highest BCUT2D eigenvalue weighted by molar-refractivity contribution is 7.94. The molecule has 0 amide bonds. The molecular formula is C9H9FN2O6S. The molecule has 1 unspecified atom stereocenters. The van der Waals surface area contributed by atoms with Gasteiger partial charge in [-0.3, -0.25) is 19.6 Å². The van der Waals surface area contributed by atoms with Crippen LogP contribution in [0, 0.1) is 15.9 Å². The third-order valence-corrected chi connectivity index (χ3v) is 3.82. The van der Waals surface area contributed by atoms with E-state index in [-0.39, 0.29) is 0 Å². The Morgan fingerprint density at radius 2 is 2.05 bits per heavy atom. The SMILES string of the molecule is CC(C(=O)O)S(=O)(=O)Nc1cc(F)cc([N+](=O)[O-])c1. The minimum absolute atomic E-state index is 0.417. The Kier molecular flexibility index (Phi) is 4.04. The molecule has 19 heavy (non-hydrogen) atoms. The van der Waals surface area contributed by atoms with E-state index in [0.717, 1.165) is 13.0 Å². The number of anilines is 1. The van der Waals surface area contributed by atoms with E-state index in [0.29, 0.717) is 12.1 Å². The molecule has 1 rings (SSSR count). The first kappa shape index (κ1) is 14.8. The molecule has 0 aliphatic rings. The zero-order chi connectivity index (χ0) is 14.8. The lowest BCUT2D eigenvalue weighted by atomic mass is 10.3. The summed E-state index contributed by atoms with van der Waals surface area (Å²) in [7, 11) is -4.31.